The maximum absolute atomic E-state index is 13.2. The topological polar surface area (TPSA) is 25.9 Å². The number of Topliss-reactive ketones (excluding diaryl/α,β-unsaturated/α-hetero) is 1. The Bertz CT molecular complexity index is 856. The first-order valence-electron chi connectivity index (χ1n) is 7.67. The highest BCUT2D eigenvalue weighted by Crippen LogP contribution is 2.25. The highest BCUT2D eigenvalue weighted by atomic mass is 79.9. The van der Waals surface area contributed by atoms with Crippen molar-refractivity contribution >= 4 is 17.1 Å². The summed E-state index contributed by atoms with van der Waals surface area (Å²) in [5.74, 6) is 1.08. The summed E-state index contributed by atoms with van der Waals surface area (Å²) in [5, 5.41) is 1.92. The minimum absolute atomic E-state index is 0. The quantitative estimate of drug-likeness (QED) is 0.457. The summed E-state index contributed by atoms with van der Waals surface area (Å²) >= 11 is 1.48. The van der Waals surface area contributed by atoms with E-state index in [1.54, 1.807) is 12.1 Å². The predicted molar refractivity (Wildman–Crippen MR) is 87.0 cm³/mol. The average molecular weight is 407 g/mol. The fourth-order valence-electron chi connectivity index (χ4n) is 3.17. The minimum atomic E-state index is -0.234. The molecule has 4 rings (SSSR count). The van der Waals surface area contributed by atoms with Gasteiger partial charge in [0.1, 0.15) is 12.0 Å². The van der Waals surface area contributed by atoms with Gasteiger partial charge in [0.2, 0.25) is 5.78 Å². The number of hydrogen-bond donors (Lipinski definition) is 0. The van der Waals surface area contributed by atoms with Crippen LogP contribution in [-0.2, 0) is 19.5 Å². The van der Waals surface area contributed by atoms with Gasteiger partial charge in [-0.3, -0.25) is 4.79 Å². The standard InChI is InChI=1S/C18H16FN2OS.BrH/c19-14-7-5-13(6-8-14)15-11-20(18-4-1-9-21(15)18)12-16(22)17-3-2-10-23-17;/h2-3,5-8,10-11H,1,4,9,12H2;1H/q+1;/p-1. The van der Waals surface area contributed by atoms with Crippen LogP contribution in [0.2, 0.25) is 0 Å². The van der Waals surface area contributed by atoms with Crippen LogP contribution in [0, 0.1) is 5.82 Å². The van der Waals surface area contributed by atoms with Crippen LogP contribution in [0.1, 0.15) is 21.9 Å². The zero-order chi connectivity index (χ0) is 15.8. The number of ketones is 1. The lowest BCUT2D eigenvalue weighted by Crippen LogP contribution is -3.00. The molecule has 0 saturated heterocycles. The number of benzene rings is 1. The van der Waals surface area contributed by atoms with Gasteiger partial charge in [0, 0.05) is 5.56 Å². The lowest BCUT2D eigenvalue weighted by Gasteiger charge is -1.98. The van der Waals surface area contributed by atoms with Crippen molar-refractivity contribution in [3.05, 3.63) is 64.5 Å². The molecule has 3 aromatic rings. The number of halogens is 2. The Balaban J connectivity index is 0.00000169. The first kappa shape index (κ1) is 17.0. The van der Waals surface area contributed by atoms with Crippen molar-refractivity contribution in [2.45, 2.75) is 25.9 Å². The molecule has 2 aromatic heterocycles. The van der Waals surface area contributed by atoms with Gasteiger partial charge in [-0.2, -0.15) is 0 Å². The number of imidazole rings is 1. The molecule has 0 atom stereocenters. The summed E-state index contributed by atoms with van der Waals surface area (Å²) < 4.78 is 17.4. The molecule has 0 saturated carbocycles. The van der Waals surface area contributed by atoms with E-state index in [0.29, 0.717) is 6.54 Å². The van der Waals surface area contributed by atoms with Crippen LogP contribution in [0.4, 0.5) is 4.39 Å². The Kier molecular flexibility index (Phi) is 4.96. The van der Waals surface area contributed by atoms with Crippen LogP contribution in [0.25, 0.3) is 11.3 Å². The summed E-state index contributed by atoms with van der Waals surface area (Å²) in [6.07, 6.45) is 4.07. The lowest BCUT2D eigenvalue weighted by molar-refractivity contribution is -0.689. The molecule has 0 amide bonds. The smallest absolute Gasteiger partial charge is 0.257 e. The largest absolute Gasteiger partial charge is 1.00 e. The number of aromatic nitrogens is 2. The maximum Gasteiger partial charge on any atom is 0.257 e. The van der Waals surface area contributed by atoms with E-state index in [0.717, 1.165) is 35.5 Å². The predicted octanol–water partition coefficient (Wildman–Crippen LogP) is 0.476. The van der Waals surface area contributed by atoms with E-state index in [1.807, 2.05) is 28.3 Å². The number of carbonyl (C=O) groups is 1. The number of rotatable bonds is 4. The Morgan fingerprint density at radius 1 is 1.25 bits per heavy atom. The summed E-state index contributed by atoms with van der Waals surface area (Å²) in [7, 11) is 0. The third kappa shape index (κ3) is 3.08. The van der Waals surface area contributed by atoms with Gasteiger partial charge in [-0.15, -0.1) is 11.3 Å². The van der Waals surface area contributed by atoms with Crippen LogP contribution in [0.5, 0.6) is 0 Å². The number of fused-ring (bicyclic) bond motifs is 1. The van der Waals surface area contributed by atoms with Crippen molar-refractivity contribution in [2.75, 3.05) is 0 Å². The molecule has 24 heavy (non-hydrogen) atoms. The molecule has 1 aliphatic rings. The Morgan fingerprint density at radius 3 is 2.75 bits per heavy atom. The van der Waals surface area contributed by atoms with E-state index in [1.165, 1.54) is 29.3 Å². The lowest BCUT2D eigenvalue weighted by atomic mass is 10.1. The molecule has 124 valence electrons. The normalized spacial score (nSPS) is 12.7. The number of thiophene rings is 1. The molecular weight excluding hydrogens is 391 g/mol. The van der Waals surface area contributed by atoms with E-state index in [4.69, 9.17) is 0 Å². The second-order valence-electron chi connectivity index (χ2n) is 5.72. The highest BCUT2D eigenvalue weighted by Gasteiger charge is 2.29. The summed E-state index contributed by atoms with van der Waals surface area (Å²) in [6.45, 7) is 1.30. The highest BCUT2D eigenvalue weighted by molar-refractivity contribution is 7.12. The van der Waals surface area contributed by atoms with Crippen molar-refractivity contribution < 1.29 is 30.7 Å². The van der Waals surface area contributed by atoms with Crippen molar-refractivity contribution in [1.29, 1.82) is 0 Å². The zero-order valence-electron chi connectivity index (χ0n) is 12.9. The fraction of sp³-hybridized carbons (Fsp3) is 0.222. The van der Waals surface area contributed by atoms with Gasteiger partial charge in [-0.1, -0.05) is 6.07 Å². The molecule has 3 nitrogen and oxygen atoms in total. The molecule has 3 heterocycles. The number of hydrogen-bond acceptors (Lipinski definition) is 2. The van der Waals surface area contributed by atoms with E-state index in [2.05, 4.69) is 4.57 Å². The van der Waals surface area contributed by atoms with Gasteiger partial charge in [0.05, 0.1) is 17.8 Å². The molecule has 1 aromatic carbocycles. The molecule has 0 bridgehead atoms. The molecule has 0 spiro atoms. The van der Waals surface area contributed by atoms with E-state index in [-0.39, 0.29) is 28.6 Å². The van der Waals surface area contributed by atoms with E-state index >= 15 is 0 Å². The van der Waals surface area contributed by atoms with Gasteiger partial charge >= 0.3 is 0 Å². The molecule has 0 unspecified atom stereocenters. The second kappa shape index (κ2) is 6.99. The van der Waals surface area contributed by atoms with Crippen LogP contribution in [0.15, 0.2) is 48.0 Å². The van der Waals surface area contributed by atoms with Crippen LogP contribution >= 0.6 is 11.3 Å². The zero-order valence-corrected chi connectivity index (χ0v) is 15.3. The van der Waals surface area contributed by atoms with E-state index < -0.39 is 0 Å². The molecule has 0 fully saturated rings. The summed E-state index contributed by atoms with van der Waals surface area (Å²) in [4.78, 5) is 13.2. The minimum Gasteiger partial charge on any atom is -1.00 e. The molecular formula is C18H16BrFN2OS. The van der Waals surface area contributed by atoms with Crippen molar-refractivity contribution in [3.8, 4) is 11.3 Å². The Hall–Kier alpha value is -1.79. The summed E-state index contributed by atoms with van der Waals surface area (Å²) in [5.41, 5.74) is 2.04. The molecule has 6 heteroatoms. The first-order chi connectivity index (χ1) is 11.2. The van der Waals surface area contributed by atoms with Gasteiger partial charge < -0.3 is 17.0 Å². The van der Waals surface area contributed by atoms with Gasteiger partial charge in [-0.25, -0.2) is 13.5 Å². The maximum atomic E-state index is 13.2. The third-order valence-corrected chi connectivity index (χ3v) is 5.15. The van der Waals surface area contributed by atoms with Crippen molar-refractivity contribution in [2.24, 2.45) is 0 Å². The SMILES string of the molecule is O=C(C[n+]1cc(-c2ccc(F)cc2)n2c1CCC2)c1cccs1.[Br-]. The number of carbonyl (C=O) groups excluding carboxylic acids is 1. The summed E-state index contributed by atoms with van der Waals surface area (Å²) in [6, 6.07) is 10.3. The van der Waals surface area contributed by atoms with Gasteiger partial charge in [0.25, 0.3) is 5.82 Å². The average Bonchev–Trinajstić information content (AvgIpc) is 3.27. The number of nitrogens with zero attached hydrogens (tertiary/aromatic N) is 2. The van der Waals surface area contributed by atoms with Crippen LogP contribution in [-0.4, -0.2) is 10.4 Å². The molecule has 0 radical (unpaired) electrons. The third-order valence-electron chi connectivity index (χ3n) is 4.24. The fourth-order valence-corrected chi connectivity index (χ4v) is 3.82. The van der Waals surface area contributed by atoms with Crippen molar-refractivity contribution in [1.82, 2.24) is 4.57 Å². The van der Waals surface area contributed by atoms with Gasteiger partial charge in [-0.05, 0) is 42.1 Å². The van der Waals surface area contributed by atoms with Crippen molar-refractivity contribution in [3.63, 3.8) is 0 Å². The Labute approximate surface area is 154 Å². The van der Waals surface area contributed by atoms with Crippen LogP contribution < -0.4 is 21.5 Å². The first-order valence-corrected chi connectivity index (χ1v) is 8.55. The monoisotopic (exact) mass is 406 g/mol. The van der Waals surface area contributed by atoms with E-state index in [9.17, 15) is 9.18 Å². The Morgan fingerprint density at radius 2 is 2.04 bits per heavy atom. The van der Waals surface area contributed by atoms with Crippen LogP contribution in [0.3, 0.4) is 0 Å². The van der Waals surface area contributed by atoms with Gasteiger partial charge in [0.15, 0.2) is 12.2 Å². The molecule has 0 N–H and O–H groups in total. The second-order valence-corrected chi connectivity index (χ2v) is 6.67. The molecule has 1 aliphatic heterocycles. The molecule has 0 aliphatic carbocycles.